The highest BCUT2D eigenvalue weighted by Gasteiger charge is 2.27. The Hall–Kier alpha value is -1.46. The molecule has 2 atom stereocenters. The zero-order valence-corrected chi connectivity index (χ0v) is 23.5. The Bertz CT molecular complexity index is 732. The third-order valence-corrected chi connectivity index (χ3v) is 6.71. The van der Waals surface area contributed by atoms with Crippen LogP contribution in [0.15, 0.2) is 23.2 Å². The Morgan fingerprint density at radius 1 is 1.06 bits per heavy atom. The van der Waals surface area contributed by atoms with Crippen LogP contribution in [0.2, 0.25) is 0 Å². The number of nitrogens with one attached hydrogen (secondary N) is 2. The number of aliphatic imine (C=N–C) groups is 1. The fourth-order valence-corrected chi connectivity index (χ4v) is 4.62. The number of hydrogen-bond donors (Lipinski definition) is 2. The van der Waals surface area contributed by atoms with E-state index in [0.717, 1.165) is 75.4 Å². The molecule has 3 rings (SSSR count). The van der Waals surface area contributed by atoms with E-state index in [0.29, 0.717) is 18.0 Å². The van der Waals surface area contributed by atoms with E-state index in [1.54, 1.807) is 14.2 Å². The normalized spacial score (nSPS) is 21.0. The molecule has 0 bridgehead atoms. The quantitative estimate of drug-likeness (QED) is 0.281. The van der Waals surface area contributed by atoms with Gasteiger partial charge in [-0.3, -0.25) is 9.89 Å². The van der Waals surface area contributed by atoms with E-state index in [9.17, 15) is 0 Å². The number of methoxy groups -OCH3 is 2. The molecule has 1 aromatic rings. The summed E-state index contributed by atoms with van der Waals surface area (Å²) in [7, 11) is 7.44. The van der Waals surface area contributed by atoms with Crippen LogP contribution in [0.5, 0.6) is 11.5 Å². The molecule has 0 aromatic heterocycles. The molecule has 2 fully saturated rings. The first-order chi connectivity index (χ1) is 15.4. The molecule has 0 saturated carbocycles. The molecule has 2 unspecified atom stereocenters. The Morgan fingerprint density at radius 3 is 2.24 bits per heavy atom. The number of rotatable bonds is 8. The van der Waals surface area contributed by atoms with Crippen LogP contribution in [-0.4, -0.2) is 102 Å². The molecule has 9 heteroatoms. The Kier molecular flexibility index (Phi) is 11.3. The molecule has 2 N–H and O–H groups in total. The lowest BCUT2D eigenvalue weighted by Gasteiger charge is -2.40. The van der Waals surface area contributed by atoms with Crippen molar-refractivity contribution in [3.63, 3.8) is 0 Å². The smallest absolute Gasteiger partial charge is 0.191 e. The van der Waals surface area contributed by atoms with Crippen LogP contribution in [0.1, 0.15) is 20.3 Å². The van der Waals surface area contributed by atoms with Crippen LogP contribution in [0.4, 0.5) is 5.69 Å². The Balaban J connectivity index is 0.00000385. The minimum absolute atomic E-state index is 0. The van der Waals surface area contributed by atoms with Gasteiger partial charge in [0.1, 0.15) is 11.5 Å². The van der Waals surface area contributed by atoms with Gasteiger partial charge < -0.3 is 29.9 Å². The molecule has 2 saturated heterocycles. The van der Waals surface area contributed by atoms with E-state index in [-0.39, 0.29) is 24.0 Å². The molecule has 0 spiro atoms. The molecule has 188 valence electrons. The largest absolute Gasteiger partial charge is 0.497 e. The summed E-state index contributed by atoms with van der Waals surface area (Å²) in [5.74, 6) is 3.11. The fourth-order valence-electron chi connectivity index (χ4n) is 4.62. The van der Waals surface area contributed by atoms with Crippen molar-refractivity contribution in [3.05, 3.63) is 18.2 Å². The number of likely N-dealkylation sites (N-methyl/N-ethyl adjacent to an activating group) is 1. The lowest BCUT2D eigenvalue weighted by Crippen LogP contribution is -2.55. The van der Waals surface area contributed by atoms with Crippen LogP contribution >= 0.6 is 24.0 Å². The zero-order chi connectivity index (χ0) is 23.1. The summed E-state index contributed by atoms with van der Waals surface area (Å²) < 4.78 is 10.9. The molecule has 2 heterocycles. The number of hydrogen-bond acceptors (Lipinski definition) is 6. The summed E-state index contributed by atoms with van der Waals surface area (Å²) >= 11 is 0. The van der Waals surface area contributed by atoms with Crippen LogP contribution in [0.25, 0.3) is 0 Å². The second-order valence-electron chi connectivity index (χ2n) is 9.25. The van der Waals surface area contributed by atoms with Gasteiger partial charge in [-0.05, 0) is 19.4 Å². The number of guanidine groups is 1. The maximum absolute atomic E-state index is 5.44. The number of piperazine rings is 1. The van der Waals surface area contributed by atoms with Gasteiger partial charge >= 0.3 is 0 Å². The minimum atomic E-state index is 0. The van der Waals surface area contributed by atoms with E-state index in [4.69, 9.17) is 9.47 Å². The molecule has 1 aromatic carbocycles. The van der Waals surface area contributed by atoms with Crippen LogP contribution in [0.3, 0.4) is 0 Å². The maximum Gasteiger partial charge on any atom is 0.191 e. The van der Waals surface area contributed by atoms with Gasteiger partial charge in [-0.15, -0.1) is 24.0 Å². The monoisotopic (exact) mass is 574 g/mol. The minimum Gasteiger partial charge on any atom is -0.497 e. The highest BCUT2D eigenvalue weighted by molar-refractivity contribution is 14.0. The van der Waals surface area contributed by atoms with Gasteiger partial charge in [0.25, 0.3) is 0 Å². The third-order valence-electron chi connectivity index (χ3n) is 6.71. The first-order valence-corrected chi connectivity index (χ1v) is 11.8. The molecular formula is C24H43IN6O2. The summed E-state index contributed by atoms with van der Waals surface area (Å²) in [6.07, 6.45) is 1.06. The van der Waals surface area contributed by atoms with Crippen molar-refractivity contribution in [1.82, 2.24) is 20.4 Å². The van der Waals surface area contributed by atoms with Gasteiger partial charge in [0.2, 0.25) is 0 Å². The van der Waals surface area contributed by atoms with Crippen LogP contribution in [0, 0.1) is 5.92 Å². The predicted octanol–water partition coefficient (Wildman–Crippen LogP) is 2.34. The summed E-state index contributed by atoms with van der Waals surface area (Å²) in [6.45, 7) is 12.0. The second-order valence-corrected chi connectivity index (χ2v) is 9.25. The Labute approximate surface area is 217 Å². The molecule has 0 radical (unpaired) electrons. The van der Waals surface area contributed by atoms with Gasteiger partial charge in [0.05, 0.1) is 14.2 Å². The second kappa shape index (κ2) is 13.4. The van der Waals surface area contributed by atoms with Gasteiger partial charge in [-0.2, -0.15) is 0 Å². The van der Waals surface area contributed by atoms with Gasteiger partial charge in [-0.25, -0.2) is 0 Å². The number of nitrogens with zero attached hydrogens (tertiary/aromatic N) is 4. The fraction of sp³-hybridized carbons (Fsp3) is 0.708. The standard InChI is InChI=1S/C24H42N6O2.HI/c1-18(2)23(29-11-9-28(4)10-12-29)16-26-24(25-3)27-19-7-8-30(17-19)20-13-21(31-5)15-22(14-20)32-6;/h13-15,18-19,23H,7-12,16-17H2,1-6H3,(H2,25,26,27);1H. The van der Waals surface area contributed by atoms with Crippen LogP contribution < -0.4 is 25.0 Å². The number of ether oxygens (including phenoxy) is 2. The van der Waals surface area contributed by atoms with Crippen molar-refractivity contribution < 1.29 is 9.47 Å². The Morgan fingerprint density at radius 2 is 1.70 bits per heavy atom. The summed E-state index contributed by atoms with van der Waals surface area (Å²) in [6, 6.07) is 6.90. The predicted molar refractivity (Wildman–Crippen MR) is 148 cm³/mol. The molecule has 2 aliphatic rings. The van der Waals surface area contributed by atoms with Crippen molar-refractivity contribution in [2.24, 2.45) is 10.9 Å². The third kappa shape index (κ3) is 7.78. The molecule has 2 aliphatic heterocycles. The SMILES string of the molecule is CN=C(NCC(C(C)C)N1CCN(C)CC1)NC1CCN(c2cc(OC)cc(OC)c2)C1.I. The number of halogens is 1. The van der Waals surface area contributed by atoms with E-state index in [1.807, 2.05) is 13.1 Å². The molecule has 33 heavy (non-hydrogen) atoms. The highest BCUT2D eigenvalue weighted by Crippen LogP contribution is 2.30. The van der Waals surface area contributed by atoms with Crippen molar-refractivity contribution >= 4 is 35.6 Å². The van der Waals surface area contributed by atoms with E-state index >= 15 is 0 Å². The molecule has 8 nitrogen and oxygen atoms in total. The number of benzene rings is 1. The van der Waals surface area contributed by atoms with E-state index in [1.165, 1.54) is 0 Å². The topological polar surface area (TPSA) is 64.6 Å². The van der Waals surface area contributed by atoms with E-state index in [2.05, 4.69) is 63.4 Å². The maximum atomic E-state index is 5.44. The van der Waals surface area contributed by atoms with Crippen LogP contribution in [-0.2, 0) is 0 Å². The molecule has 0 amide bonds. The van der Waals surface area contributed by atoms with E-state index < -0.39 is 0 Å². The first kappa shape index (κ1) is 27.8. The molecule has 0 aliphatic carbocycles. The summed E-state index contributed by atoms with van der Waals surface area (Å²) in [5.41, 5.74) is 1.13. The summed E-state index contributed by atoms with van der Waals surface area (Å²) in [4.78, 5) is 11.9. The lowest BCUT2D eigenvalue weighted by atomic mass is 10.0. The van der Waals surface area contributed by atoms with Crippen molar-refractivity contribution in [3.8, 4) is 11.5 Å². The first-order valence-electron chi connectivity index (χ1n) is 11.8. The van der Waals surface area contributed by atoms with Gasteiger partial charge in [0, 0.05) is 88.8 Å². The average Bonchev–Trinajstić information content (AvgIpc) is 3.27. The summed E-state index contributed by atoms with van der Waals surface area (Å²) in [5, 5.41) is 7.24. The average molecular weight is 575 g/mol. The zero-order valence-electron chi connectivity index (χ0n) is 21.1. The van der Waals surface area contributed by atoms with Gasteiger partial charge in [0.15, 0.2) is 5.96 Å². The molecular weight excluding hydrogens is 531 g/mol. The van der Waals surface area contributed by atoms with Crippen molar-refractivity contribution in [1.29, 1.82) is 0 Å². The lowest BCUT2D eigenvalue weighted by molar-refractivity contribution is 0.0900. The highest BCUT2D eigenvalue weighted by atomic mass is 127. The number of anilines is 1. The van der Waals surface area contributed by atoms with Crippen molar-refractivity contribution in [2.45, 2.75) is 32.4 Å². The van der Waals surface area contributed by atoms with Gasteiger partial charge in [-0.1, -0.05) is 13.8 Å². The van der Waals surface area contributed by atoms with Crippen molar-refractivity contribution in [2.75, 3.05) is 79.0 Å².